The van der Waals surface area contributed by atoms with Crippen LogP contribution in [0.3, 0.4) is 0 Å². The Morgan fingerprint density at radius 1 is 1.20 bits per heavy atom. The molecule has 20 heavy (non-hydrogen) atoms. The van der Waals surface area contributed by atoms with Crippen LogP contribution in [-0.2, 0) is 0 Å². The van der Waals surface area contributed by atoms with Crippen molar-refractivity contribution in [3.63, 3.8) is 0 Å². The molecule has 1 aromatic heterocycles. The number of imidazole rings is 1. The molecule has 1 heterocycles. The number of fused-ring (bicyclic) bond motifs is 1. The van der Waals surface area contributed by atoms with Crippen molar-refractivity contribution in [2.24, 2.45) is 0 Å². The van der Waals surface area contributed by atoms with Crippen LogP contribution in [0, 0.1) is 12.7 Å². The van der Waals surface area contributed by atoms with Gasteiger partial charge in [-0.15, -0.1) is 0 Å². The van der Waals surface area contributed by atoms with Gasteiger partial charge in [-0.25, -0.2) is 9.37 Å². The van der Waals surface area contributed by atoms with Crippen LogP contribution in [0.4, 0.5) is 10.3 Å². The highest BCUT2D eigenvalue weighted by Crippen LogP contribution is 2.30. The number of nitrogen functional groups attached to an aromatic ring is 1. The van der Waals surface area contributed by atoms with Crippen LogP contribution in [0.2, 0.25) is 0 Å². The lowest BCUT2D eigenvalue weighted by atomic mass is 10.2. The molecule has 3 nitrogen and oxygen atoms in total. The molecule has 0 aliphatic carbocycles. The molecule has 0 bridgehead atoms. The number of halogens is 3. The minimum Gasteiger partial charge on any atom is -0.369 e. The standard InChI is InChI=1S/C14H10Br2FN3/c1-7-2-3-8(15)4-12(7)20-13-6-10(17)9(16)5-11(13)19-14(20)18/h2-6H,1H3,(H2,18,19). The second-order valence-electron chi connectivity index (χ2n) is 4.49. The van der Waals surface area contributed by atoms with Gasteiger partial charge in [0.25, 0.3) is 0 Å². The summed E-state index contributed by atoms with van der Waals surface area (Å²) in [5, 5.41) is 0. The first-order valence-electron chi connectivity index (χ1n) is 5.87. The van der Waals surface area contributed by atoms with Crippen LogP contribution >= 0.6 is 31.9 Å². The van der Waals surface area contributed by atoms with Crippen LogP contribution in [-0.4, -0.2) is 9.55 Å². The number of anilines is 1. The van der Waals surface area contributed by atoms with Gasteiger partial charge < -0.3 is 5.73 Å². The van der Waals surface area contributed by atoms with Crippen LogP contribution in [0.15, 0.2) is 39.3 Å². The van der Waals surface area contributed by atoms with E-state index < -0.39 is 0 Å². The van der Waals surface area contributed by atoms with E-state index in [1.54, 1.807) is 10.6 Å². The monoisotopic (exact) mass is 397 g/mol. The number of nitrogens with two attached hydrogens (primary N) is 1. The van der Waals surface area contributed by atoms with Gasteiger partial charge in [0.05, 0.1) is 21.2 Å². The number of hydrogen-bond acceptors (Lipinski definition) is 2. The van der Waals surface area contributed by atoms with Crippen molar-refractivity contribution in [2.75, 3.05) is 5.73 Å². The number of aryl methyl sites for hydroxylation is 1. The summed E-state index contributed by atoms with van der Waals surface area (Å²) in [5.41, 5.74) is 9.20. The van der Waals surface area contributed by atoms with Crippen LogP contribution in [0.5, 0.6) is 0 Å². The van der Waals surface area contributed by atoms with Gasteiger partial charge in [0, 0.05) is 10.5 Å². The van der Waals surface area contributed by atoms with E-state index in [4.69, 9.17) is 5.73 Å². The van der Waals surface area contributed by atoms with Crippen LogP contribution in [0.1, 0.15) is 5.56 Å². The Hall–Kier alpha value is -1.40. The lowest BCUT2D eigenvalue weighted by molar-refractivity contribution is 0.622. The number of benzene rings is 2. The van der Waals surface area contributed by atoms with Gasteiger partial charge in [0.2, 0.25) is 5.95 Å². The maximum absolute atomic E-state index is 13.8. The third-order valence-electron chi connectivity index (χ3n) is 3.13. The van der Waals surface area contributed by atoms with E-state index in [1.807, 2.05) is 25.1 Å². The normalized spacial score (nSPS) is 11.2. The molecular formula is C14H10Br2FN3. The van der Waals surface area contributed by atoms with E-state index in [9.17, 15) is 4.39 Å². The van der Waals surface area contributed by atoms with E-state index in [0.717, 1.165) is 15.7 Å². The molecule has 0 fully saturated rings. The van der Waals surface area contributed by atoms with Gasteiger partial charge in [0.15, 0.2) is 0 Å². The molecule has 0 saturated heterocycles. The Kier molecular flexibility index (Phi) is 3.30. The molecule has 0 unspecified atom stereocenters. The van der Waals surface area contributed by atoms with Gasteiger partial charge in [-0.3, -0.25) is 4.57 Å². The summed E-state index contributed by atoms with van der Waals surface area (Å²) >= 11 is 6.60. The Morgan fingerprint density at radius 2 is 1.95 bits per heavy atom. The van der Waals surface area contributed by atoms with Gasteiger partial charge in [-0.05, 0) is 46.6 Å². The van der Waals surface area contributed by atoms with Gasteiger partial charge >= 0.3 is 0 Å². The third-order valence-corrected chi connectivity index (χ3v) is 4.24. The Bertz CT molecular complexity index is 827. The molecule has 0 saturated carbocycles. The molecular weight excluding hydrogens is 389 g/mol. The smallest absolute Gasteiger partial charge is 0.205 e. The minimum atomic E-state index is -0.341. The number of rotatable bonds is 1. The first kappa shape index (κ1) is 13.6. The molecule has 0 amide bonds. The molecule has 102 valence electrons. The second kappa shape index (κ2) is 4.86. The Labute approximate surface area is 131 Å². The average Bonchev–Trinajstić information content (AvgIpc) is 2.69. The molecule has 0 aliphatic heterocycles. The molecule has 0 spiro atoms. The summed E-state index contributed by atoms with van der Waals surface area (Å²) < 4.78 is 16.9. The Morgan fingerprint density at radius 3 is 2.70 bits per heavy atom. The molecule has 0 atom stereocenters. The van der Waals surface area contributed by atoms with Crippen LogP contribution < -0.4 is 5.73 Å². The largest absolute Gasteiger partial charge is 0.369 e. The zero-order valence-corrected chi connectivity index (χ0v) is 13.7. The number of hydrogen-bond donors (Lipinski definition) is 1. The summed E-state index contributed by atoms with van der Waals surface area (Å²) in [5.74, 6) is -0.00926. The lowest BCUT2D eigenvalue weighted by Crippen LogP contribution is -2.02. The van der Waals surface area contributed by atoms with E-state index in [-0.39, 0.29) is 5.82 Å². The molecule has 3 aromatic rings. The zero-order chi connectivity index (χ0) is 14.4. The number of nitrogens with zero attached hydrogens (tertiary/aromatic N) is 2. The first-order chi connectivity index (χ1) is 9.47. The molecule has 2 N–H and O–H groups in total. The third kappa shape index (κ3) is 2.13. The molecule has 3 rings (SSSR count). The highest BCUT2D eigenvalue weighted by molar-refractivity contribution is 9.10. The van der Waals surface area contributed by atoms with E-state index in [0.29, 0.717) is 21.5 Å². The van der Waals surface area contributed by atoms with E-state index in [2.05, 4.69) is 36.8 Å². The van der Waals surface area contributed by atoms with E-state index >= 15 is 0 Å². The summed E-state index contributed by atoms with van der Waals surface area (Å²) in [6.07, 6.45) is 0. The maximum atomic E-state index is 13.8. The quantitative estimate of drug-likeness (QED) is 0.651. The van der Waals surface area contributed by atoms with Crippen molar-refractivity contribution in [2.45, 2.75) is 6.92 Å². The summed E-state index contributed by atoms with van der Waals surface area (Å²) in [6.45, 7) is 1.97. The van der Waals surface area contributed by atoms with Gasteiger partial charge in [-0.2, -0.15) is 0 Å². The minimum absolute atomic E-state index is 0.332. The molecule has 0 radical (unpaired) electrons. The molecule has 0 aliphatic rings. The predicted octanol–water partition coefficient (Wildman–Crippen LogP) is 4.58. The van der Waals surface area contributed by atoms with Crippen molar-refractivity contribution in [1.82, 2.24) is 9.55 Å². The first-order valence-corrected chi connectivity index (χ1v) is 7.45. The van der Waals surface area contributed by atoms with E-state index in [1.165, 1.54) is 6.07 Å². The fourth-order valence-electron chi connectivity index (χ4n) is 2.17. The lowest BCUT2D eigenvalue weighted by Gasteiger charge is -2.10. The van der Waals surface area contributed by atoms with Gasteiger partial charge in [0.1, 0.15) is 5.82 Å². The van der Waals surface area contributed by atoms with Crippen molar-refractivity contribution < 1.29 is 4.39 Å². The summed E-state index contributed by atoms with van der Waals surface area (Å²) in [7, 11) is 0. The van der Waals surface area contributed by atoms with Crippen LogP contribution in [0.25, 0.3) is 16.7 Å². The Balaban J connectivity index is 2.38. The summed E-state index contributed by atoms with van der Waals surface area (Å²) in [6, 6.07) is 8.92. The summed E-state index contributed by atoms with van der Waals surface area (Å²) in [4.78, 5) is 4.29. The molecule has 2 aromatic carbocycles. The SMILES string of the molecule is Cc1ccc(Br)cc1-n1c(N)nc2cc(Br)c(F)cc21. The second-order valence-corrected chi connectivity index (χ2v) is 6.26. The maximum Gasteiger partial charge on any atom is 0.205 e. The highest BCUT2D eigenvalue weighted by atomic mass is 79.9. The predicted molar refractivity (Wildman–Crippen MR) is 85.6 cm³/mol. The van der Waals surface area contributed by atoms with Crippen molar-refractivity contribution >= 4 is 48.8 Å². The topological polar surface area (TPSA) is 43.8 Å². The highest BCUT2D eigenvalue weighted by Gasteiger charge is 2.14. The fraction of sp³-hybridized carbons (Fsp3) is 0.0714. The fourth-order valence-corrected chi connectivity index (χ4v) is 2.85. The number of aromatic nitrogens is 2. The zero-order valence-electron chi connectivity index (χ0n) is 10.5. The van der Waals surface area contributed by atoms with Crippen molar-refractivity contribution in [3.05, 3.63) is 50.7 Å². The average molecular weight is 399 g/mol. The van der Waals surface area contributed by atoms with Crippen molar-refractivity contribution in [3.8, 4) is 5.69 Å². The van der Waals surface area contributed by atoms with Gasteiger partial charge in [-0.1, -0.05) is 22.0 Å². The van der Waals surface area contributed by atoms with Crippen molar-refractivity contribution in [1.29, 1.82) is 0 Å². The molecule has 6 heteroatoms.